The average molecular weight is 332 g/mol. The van der Waals surface area contributed by atoms with Crippen LogP contribution in [0.4, 0.5) is 13.2 Å². The van der Waals surface area contributed by atoms with Gasteiger partial charge in [0.2, 0.25) is 0 Å². The fraction of sp³-hybridized carbons (Fsp3) is 0.400. The van der Waals surface area contributed by atoms with Crippen molar-refractivity contribution in [2.75, 3.05) is 13.1 Å². The highest BCUT2D eigenvalue weighted by molar-refractivity contribution is 9.10. The number of nitrogens with two attached hydrogens (primary N) is 1. The summed E-state index contributed by atoms with van der Waals surface area (Å²) in [7, 11) is 0. The molecule has 2 nitrogen and oxygen atoms in total. The van der Waals surface area contributed by atoms with E-state index < -0.39 is 18.8 Å². The van der Waals surface area contributed by atoms with Crippen molar-refractivity contribution in [3.05, 3.63) is 33.3 Å². The van der Waals surface area contributed by atoms with Gasteiger partial charge >= 0.3 is 6.18 Å². The molecule has 0 aliphatic carbocycles. The molecule has 96 valence electrons. The fourth-order valence-electron chi connectivity index (χ4n) is 1.34. The van der Waals surface area contributed by atoms with Crippen molar-refractivity contribution < 1.29 is 13.2 Å². The Morgan fingerprint density at radius 2 is 2.06 bits per heavy atom. The van der Waals surface area contributed by atoms with Crippen molar-refractivity contribution in [3.63, 3.8) is 0 Å². The van der Waals surface area contributed by atoms with Gasteiger partial charge in [-0.15, -0.1) is 0 Å². The Morgan fingerprint density at radius 3 is 2.53 bits per heavy atom. The molecule has 0 bridgehead atoms. The molecule has 0 aromatic heterocycles. The van der Waals surface area contributed by atoms with E-state index in [0.29, 0.717) is 10.6 Å². The summed E-state index contributed by atoms with van der Waals surface area (Å²) < 4.78 is 37.0. The number of hydrogen-bond acceptors (Lipinski definition) is 2. The van der Waals surface area contributed by atoms with Gasteiger partial charge in [0.1, 0.15) is 0 Å². The number of halogens is 5. The number of hydrogen-bond donors (Lipinski definition) is 2. The lowest BCUT2D eigenvalue weighted by molar-refractivity contribution is -0.126. The smallest absolute Gasteiger partial charge is 0.329 e. The molecule has 1 unspecified atom stereocenters. The van der Waals surface area contributed by atoms with E-state index in [9.17, 15) is 13.2 Å². The predicted octanol–water partition coefficient (Wildman–Crippen LogP) is 3.25. The van der Waals surface area contributed by atoms with Crippen LogP contribution in [-0.4, -0.2) is 19.3 Å². The molecule has 17 heavy (non-hydrogen) atoms. The summed E-state index contributed by atoms with van der Waals surface area (Å²) in [5, 5.41) is 2.72. The van der Waals surface area contributed by atoms with Gasteiger partial charge in [0.25, 0.3) is 0 Å². The third-order valence-electron chi connectivity index (χ3n) is 2.12. The molecular formula is C10H11BrClF3N2. The van der Waals surface area contributed by atoms with Crippen molar-refractivity contribution in [2.45, 2.75) is 12.2 Å². The van der Waals surface area contributed by atoms with Gasteiger partial charge in [-0.05, 0) is 17.7 Å². The van der Waals surface area contributed by atoms with Crippen molar-refractivity contribution >= 4 is 27.5 Å². The van der Waals surface area contributed by atoms with Crippen molar-refractivity contribution in [1.29, 1.82) is 0 Å². The van der Waals surface area contributed by atoms with Crippen LogP contribution in [0.15, 0.2) is 22.7 Å². The lowest BCUT2D eigenvalue weighted by atomic mass is 10.1. The van der Waals surface area contributed by atoms with Crippen LogP contribution in [-0.2, 0) is 0 Å². The van der Waals surface area contributed by atoms with Gasteiger partial charge in [0, 0.05) is 22.1 Å². The second-order valence-corrected chi connectivity index (χ2v) is 4.77. The molecule has 0 aliphatic rings. The zero-order valence-electron chi connectivity index (χ0n) is 8.69. The number of nitrogens with one attached hydrogen (secondary N) is 1. The van der Waals surface area contributed by atoms with E-state index in [1.165, 1.54) is 0 Å². The first kappa shape index (κ1) is 14.8. The lowest BCUT2D eigenvalue weighted by Gasteiger charge is -2.19. The molecule has 1 atom stereocenters. The highest BCUT2D eigenvalue weighted by Crippen LogP contribution is 2.26. The van der Waals surface area contributed by atoms with Crippen LogP contribution in [0.1, 0.15) is 11.6 Å². The SMILES string of the molecule is NCC(NCC(F)(F)F)c1ccc(Br)cc1Cl. The minimum atomic E-state index is -4.27. The van der Waals surface area contributed by atoms with Crippen molar-refractivity contribution in [3.8, 4) is 0 Å². The zero-order chi connectivity index (χ0) is 13.1. The average Bonchev–Trinajstić information content (AvgIpc) is 2.19. The lowest BCUT2D eigenvalue weighted by Crippen LogP contribution is -2.35. The quantitative estimate of drug-likeness (QED) is 0.889. The summed E-state index contributed by atoms with van der Waals surface area (Å²) in [4.78, 5) is 0. The second-order valence-electron chi connectivity index (χ2n) is 3.45. The first-order chi connectivity index (χ1) is 7.83. The molecule has 0 fully saturated rings. The van der Waals surface area contributed by atoms with E-state index in [4.69, 9.17) is 17.3 Å². The largest absolute Gasteiger partial charge is 0.401 e. The number of benzene rings is 1. The Hall–Kier alpha value is -0.300. The molecule has 0 saturated carbocycles. The molecule has 1 rings (SSSR count). The molecule has 0 heterocycles. The molecule has 1 aromatic carbocycles. The molecule has 3 N–H and O–H groups in total. The van der Waals surface area contributed by atoms with Gasteiger partial charge < -0.3 is 11.1 Å². The minimum Gasteiger partial charge on any atom is -0.329 e. The number of alkyl halides is 3. The van der Waals surface area contributed by atoms with Crippen LogP contribution in [0.25, 0.3) is 0 Å². The first-order valence-corrected chi connectivity index (χ1v) is 5.95. The zero-order valence-corrected chi connectivity index (χ0v) is 11.0. The molecule has 0 spiro atoms. The summed E-state index contributed by atoms with van der Waals surface area (Å²) in [5.74, 6) is 0. The fourth-order valence-corrected chi connectivity index (χ4v) is 2.15. The van der Waals surface area contributed by atoms with Crippen LogP contribution < -0.4 is 11.1 Å². The van der Waals surface area contributed by atoms with Gasteiger partial charge in [-0.25, -0.2) is 0 Å². The van der Waals surface area contributed by atoms with Crippen LogP contribution >= 0.6 is 27.5 Å². The summed E-state index contributed by atoms with van der Waals surface area (Å²) >= 11 is 9.17. The van der Waals surface area contributed by atoms with Gasteiger partial charge in [-0.3, -0.25) is 0 Å². The van der Waals surface area contributed by atoms with Crippen LogP contribution in [0.5, 0.6) is 0 Å². The van der Waals surface area contributed by atoms with E-state index in [0.717, 1.165) is 4.47 Å². The Labute approximate surface area is 110 Å². The van der Waals surface area contributed by atoms with Crippen LogP contribution in [0.2, 0.25) is 5.02 Å². The maximum Gasteiger partial charge on any atom is 0.401 e. The van der Waals surface area contributed by atoms with E-state index in [1.54, 1.807) is 18.2 Å². The summed E-state index contributed by atoms with van der Waals surface area (Å²) in [6, 6.07) is 4.36. The maximum absolute atomic E-state index is 12.1. The third-order valence-corrected chi connectivity index (χ3v) is 2.94. The van der Waals surface area contributed by atoms with Crippen molar-refractivity contribution in [1.82, 2.24) is 5.32 Å². The Bertz CT molecular complexity index is 384. The third kappa shape index (κ3) is 4.83. The predicted molar refractivity (Wildman–Crippen MR) is 65.0 cm³/mol. The molecule has 0 saturated heterocycles. The van der Waals surface area contributed by atoms with E-state index in [-0.39, 0.29) is 6.54 Å². The monoisotopic (exact) mass is 330 g/mol. The van der Waals surface area contributed by atoms with Gasteiger partial charge in [0.15, 0.2) is 0 Å². The normalized spacial score (nSPS) is 13.8. The molecule has 0 radical (unpaired) electrons. The van der Waals surface area contributed by atoms with Gasteiger partial charge in [0.05, 0.1) is 6.54 Å². The summed E-state index contributed by atoms with van der Waals surface area (Å²) in [6.07, 6.45) is -4.27. The molecule has 0 amide bonds. The standard InChI is InChI=1S/C10H11BrClF3N2/c11-6-1-2-7(8(12)3-6)9(4-16)17-5-10(13,14)15/h1-3,9,17H,4-5,16H2. The van der Waals surface area contributed by atoms with Gasteiger partial charge in [-0.1, -0.05) is 33.6 Å². The van der Waals surface area contributed by atoms with E-state index in [2.05, 4.69) is 21.2 Å². The van der Waals surface area contributed by atoms with E-state index >= 15 is 0 Å². The molecule has 1 aromatic rings. The number of rotatable bonds is 4. The summed E-state index contributed by atoms with van der Waals surface area (Å²) in [6.45, 7) is -1.06. The van der Waals surface area contributed by atoms with E-state index in [1.807, 2.05) is 0 Å². The Kier molecular flexibility index (Phi) is 5.24. The van der Waals surface area contributed by atoms with Gasteiger partial charge in [-0.2, -0.15) is 13.2 Å². The minimum absolute atomic E-state index is 0.0391. The molecule has 0 aliphatic heterocycles. The first-order valence-electron chi connectivity index (χ1n) is 4.78. The van der Waals surface area contributed by atoms with Crippen LogP contribution in [0, 0.1) is 0 Å². The Morgan fingerprint density at radius 1 is 1.41 bits per heavy atom. The maximum atomic E-state index is 12.1. The van der Waals surface area contributed by atoms with Crippen LogP contribution in [0.3, 0.4) is 0 Å². The second kappa shape index (κ2) is 6.04. The molecular weight excluding hydrogens is 320 g/mol. The Balaban J connectivity index is 2.79. The van der Waals surface area contributed by atoms with Crippen molar-refractivity contribution in [2.24, 2.45) is 5.73 Å². The highest BCUT2D eigenvalue weighted by Gasteiger charge is 2.28. The topological polar surface area (TPSA) is 38.0 Å². The summed E-state index contributed by atoms with van der Waals surface area (Å²) in [5.41, 5.74) is 6.00. The highest BCUT2D eigenvalue weighted by atomic mass is 79.9. The molecule has 7 heteroatoms.